The molecule has 164 valence electrons. The van der Waals surface area contributed by atoms with Crippen LogP contribution in [0.1, 0.15) is 31.0 Å². The number of nitrogens with one attached hydrogen (secondary N) is 1. The predicted molar refractivity (Wildman–Crippen MR) is 121 cm³/mol. The van der Waals surface area contributed by atoms with Crippen molar-refractivity contribution in [1.29, 1.82) is 5.41 Å². The number of fused-ring (bicyclic) bond motifs is 3. The van der Waals surface area contributed by atoms with Gasteiger partial charge in [0.25, 0.3) is 0 Å². The van der Waals surface area contributed by atoms with Crippen LogP contribution in [0.3, 0.4) is 0 Å². The minimum absolute atomic E-state index is 0.0391. The molecular formula is C22H29N7O2. The van der Waals surface area contributed by atoms with Crippen LogP contribution >= 0.6 is 0 Å². The first kappa shape index (κ1) is 21.2. The lowest BCUT2D eigenvalue weighted by Crippen LogP contribution is -2.54. The molecule has 0 unspecified atom stereocenters. The molecule has 31 heavy (non-hydrogen) atoms. The van der Waals surface area contributed by atoms with Crippen LogP contribution in [0.25, 0.3) is 16.6 Å². The van der Waals surface area contributed by atoms with Crippen molar-refractivity contribution in [3.05, 3.63) is 35.8 Å². The Bertz CT molecular complexity index is 1030. The normalized spacial score (nSPS) is 19.6. The Balaban J connectivity index is 1.77. The summed E-state index contributed by atoms with van der Waals surface area (Å²) < 4.78 is 0. The molecule has 1 saturated heterocycles. The maximum absolute atomic E-state index is 13.3. The number of rotatable bonds is 5. The number of urea groups is 1. The van der Waals surface area contributed by atoms with Gasteiger partial charge in [-0.3, -0.25) is 9.88 Å². The third-order valence-electron chi connectivity index (χ3n) is 6.02. The van der Waals surface area contributed by atoms with Crippen molar-refractivity contribution >= 4 is 34.5 Å². The van der Waals surface area contributed by atoms with Crippen LogP contribution in [0.15, 0.2) is 24.5 Å². The number of anilines is 1. The molecule has 0 aromatic carbocycles. The first-order valence-electron chi connectivity index (χ1n) is 10.6. The summed E-state index contributed by atoms with van der Waals surface area (Å²) in [7, 11) is 1.80. The molecule has 0 bridgehead atoms. The van der Waals surface area contributed by atoms with Gasteiger partial charge in [-0.1, -0.05) is 0 Å². The third kappa shape index (κ3) is 3.98. The van der Waals surface area contributed by atoms with Gasteiger partial charge in [0, 0.05) is 62.5 Å². The van der Waals surface area contributed by atoms with E-state index in [-0.39, 0.29) is 18.2 Å². The van der Waals surface area contributed by atoms with E-state index in [0.717, 1.165) is 37.2 Å². The summed E-state index contributed by atoms with van der Waals surface area (Å²) in [5.74, 6) is 0. The van der Waals surface area contributed by atoms with Crippen molar-refractivity contribution in [3.63, 3.8) is 0 Å². The number of likely N-dealkylation sites (tertiary alicyclic amines) is 1. The highest BCUT2D eigenvalue weighted by molar-refractivity contribution is 6.09. The Morgan fingerprint density at radius 3 is 2.77 bits per heavy atom. The van der Waals surface area contributed by atoms with E-state index >= 15 is 0 Å². The number of piperidine rings is 1. The highest BCUT2D eigenvalue weighted by atomic mass is 16.3. The molecule has 9 nitrogen and oxygen atoms in total. The Kier molecular flexibility index (Phi) is 5.88. The maximum atomic E-state index is 13.3. The summed E-state index contributed by atoms with van der Waals surface area (Å²) in [4.78, 5) is 28.5. The van der Waals surface area contributed by atoms with E-state index in [2.05, 4.69) is 9.88 Å². The van der Waals surface area contributed by atoms with E-state index in [1.807, 2.05) is 17.2 Å². The molecule has 0 spiro atoms. The average Bonchev–Trinajstić information content (AvgIpc) is 2.76. The molecule has 0 radical (unpaired) electrons. The van der Waals surface area contributed by atoms with E-state index in [4.69, 9.17) is 16.1 Å². The van der Waals surface area contributed by atoms with Gasteiger partial charge in [0.1, 0.15) is 5.52 Å². The van der Waals surface area contributed by atoms with Gasteiger partial charge in [0.2, 0.25) is 0 Å². The Morgan fingerprint density at radius 2 is 2.13 bits per heavy atom. The average molecular weight is 424 g/mol. The van der Waals surface area contributed by atoms with E-state index in [1.54, 1.807) is 24.9 Å². The molecule has 9 heteroatoms. The molecule has 1 fully saturated rings. The number of hydrogen-bond donors (Lipinski definition) is 3. The standard InChI is InChI=1S/C22H29N7O2/c1-14(30)12-28-7-5-17(6-8-28)29-21-16(13-27(2)22(29)31)11-25-19-4-3-18(26-20(19)21)15(9-23)10-24/h3-4,9-11,14,17,23,30H,5-8,12-13,24H2,1-2H3/b15-10+,23-9?/t14-/m1/s1. The minimum Gasteiger partial charge on any atom is -0.404 e. The quantitative estimate of drug-likeness (QED) is 0.630. The van der Waals surface area contributed by atoms with Gasteiger partial charge in [-0.2, -0.15) is 0 Å². The number of amides is 2. The molecule has 1 atom stereocenters. The zero-order chi connectivity index (χ0) is 22.1. The largest absolute Gasteiger partial charge is 0.404 e. The van der Waals surface area contributed by atoms with E-state index in [0.29, 0.717) is 35.4 Å². The number of allylic oxidation sites excluding steroid dienone is 1. The second-order valence-electron chi connectivity index (χ2n) is 8.35. The van der Waals surface area contributed by atoms with Crippen LogP contribution in [-0.4, -0.2) is 75.9 Å². The van der Waals surface area contributed by atoms with Crippen molar-refractivity contribution in [2.24, 2.45) is 5.73 Å². The summed E-state index contributed by atoms with van der Waals surface area (Å²) in [6, 6.07) is 3.66. The zero-order valence-electron chi connectivity index (χ0n) is 18.0. The van der Waals surface area contributed by atoms with E-state index < -0.39 is 0 Å². The molecule has 2 aliphatic heterocycles. The molecule has 2 amide bonds. The van der Waals surface area contributed by atoms with E-state index in [9.17, 15) is 9.90 Å². The van der Waals surface area contributed by atoms with Gasteiger partial charge in [-0.15, -0.1) is 0 Å². The predicted octanol–water partition coefficient (Wildman–Crippen LogP) is 1.80. The van der Waals surface area contributed by atoms with Crippen molar-refractivity contribution in [1.82, 2.24) is 19.8 Å². The number of aromatic nitrogens is 2. The molecule has 2 aliphatic rings. The number of pyridine rings is 2. The molecular weight excluding hydrogens is 394 g/mol. The lowest BCUT2D eigenvalue weighted by molar-refractivity contribution is 0.108. The molecule has 2 aromatic rings. The van der Waals surface area contributed by atoms with Gasteiger partial charge in [0.05, 0.1) is 29.5 Å². The Morgan fingerprint density at radius 1 is 1.39 bits per heavy atom. The fourth-order valence-electron chi connectivity index (χ4n) is 4.52. The number of aliphatic hydroxyl groups is 1. The van der Waals surface area contributed by atoms with Crippen molar-refractivity contribution in [2.45, 2.75) is 38.5 Å². The molecule has 4 heterocycles. The van der Waals surface area contributed by atoms with Gasteiger partial charge >= 0.3 is 6.03 Å². The number of carbonyl (C=O) groups is 1. The van der Waals surface area contributed by atoms with Crippen LogP contribution in [0, 0.1) is 5.41 Å². The monoisotopic (exact) mass is 423 g/mol. The lowest BCUT2D eigenvalue weighted by Gasteiger charge is -2.43. The highest BCUT2D eigenvalue weighted by Crippen LogP contribution is 2.37. The van der Waals surface area contributed by atoms with Gasteiger partial charge in [-0.25, -0.2) is 9.78 Å². The highest BCUT2D eigenvalue weighted by Gasteiger charge is 2.37. The maximum Gasteiger partial charge on any atom is 0.324 e. The molecule has 0 saturated carbocycles. The summed E-state index contributed by atoms with van der Waals surface area (Å²) in [5, 5.41) is 17.3. The lowest BCUT2D eigenvalue weighted by atomic mass is 9.99. The smallest absolute Gasteiger partial charge is 0.324 e. The summed E-state index contributed by atoms with van der Waals surface area (Å²) in [6.45, 7) is 4.57. The fourth-order valence-corrected chi connectivity index (χ4v) is 4.52. The Labute approximate surface area is 181 Å². The second kappa shape index (κ2) is 8.60. The first-order valence-corrected chi connectivity index (χ1v) is 10.6. The second-order valence-corrected chi connectivity index (χ2v) is 8.35. The number of aliphatic hydroxyl groups excluding tert-OH is 1. The topological polar surface area (TPSA) is 123 Å². The van der Waals surface area contributed by atoms with Crippen molar-refractivity contribution < 1.29 is 9.90 Å². The van der Waals surface area contributed by atoms with Crippen molar-refractivity contribution in [3.8, 4) is 0 Å². The Hall–Kier alpha value is -3.04. The summed E-state index contributed by atoms with van der Waals surface area (Å²) in [5.41, 5.74) is 9.89. The molecule has 0 aliphatic carbocycles. The number of β-amino-alcohol motifs (C(OH)–C–C–N with tert-alkyl or cyclic N) is 1. The molecule has 2 aromatic heterocycles. The van der Waals surface area contributed by atoms with Crippen LogP contribution in [0.4, 0.5) is 10.5 Å². The summed E-state index contributed by atoms with van der Waals surface area (Å²) in [6.07, 6.45) is 5.64. The number of carbonyl (C=O) groups excluding carboxylic acids is 1. The third-order valence-corrected chi connectivity index (χ3v) is 6.02. The number of nitrogens with zero attached hydrogens (tertiary/aromatic N) is 5. The van der Waals surface area contributed by atoms with Gasteiger partial charge < -0.3 is 26.0 Å². The van der Waals surface area contributed by atoms with Crippen LogP contribution < -0.4 is 10.6 Å². The number of hydrogen-bond acceptors (Lipinski definition) is 7. The van der Waals surface area contributed by atoms with Gasteiger partial charge in [0.15, 0.2) is 0 Å². The minimum atomic E-state index is -0.365. The van der Waals surface area contributed by atoms with Gasteiger partial charge in [-0.05, 0) is 31.9 Å². The van der Waals surface area contributed by atoms with E-state index in [1.165, 1.54) is 12.4 Å². The summed E-state index contributed by atoms with van der Waals surface area (Å²) >= 11 is 0. The van der Waals surface area contributed by atoms with Crippen LogP contribution in [-0.2, 0) is 6.54 Å². The van der Waals surface area contributed by atoms with Crippen LogP contribution in [0.5, 0.6) is 0 Å². The van der Waals surface area contributed by atoms with Crippen molar-refractivity contribution in [2.75, 3.05) is 31.6 Å². The zero-order valence-corrected chi connectivity index (χ0v) is 18.0. The van der Waals surface area contributed by atoms with Crippen LogP contribution in [0.2, 0.25) is 0 Å². The number of nitrogens with two attached hydrogens (primary N) is 1. The molecule has 4 N–H and O–H groups in total. The molecule has 4 rings (SSSR count). The SMILES string of the molecule is C[C@@H](O)CN1CCC(N2C(=O)N(C)Cc3cnc4ccc(/C(C=N)=C/N)nc4c32)CC1. The first-order chi connectivity index (χ1) is 14.9. The fraction of sp³-hybridized carbons (Fsp3) is 0.455.